The van der Waals surface area contributed by atoms with Gasteiger partial charge in [-0.2, -0.15) is 4.98 Å². The average Bonchev–Trinajstić information content (AvgIpc) is 2.84. The molecule has 0 spiro atoms. The van der Waals surface area contributed by atoms with Crippen molar-refractivity contribution < 1.29 is 8.91 Å². The lowest BCUT2D eigenvalue weighted by Crippen LogP contribution is -2.01. The third-order valence-corrected chi connectivity index (χ3v) is 2.97. The van der Waals surface area contributed by atoms with Crippen LogP contribution < -0.4 is 0 Å². The van der Waals surface area contributed by atoms with Crippen LogP contribution in [0.4, 0.5) is 4.39 Å². The molecule has 82 valence electrons. The van der Waals surface area contributed by atoms with Gasteiger partial charge in [0.15, 0.2) is 11.6 Å². The summed E-state index contributed by atoms with van der Waals surface area (Å²) in [6.45, 7) is 2.07. The van der Waals surface area contributed by atoms with Crippen molar-refractivity contribution in [3.8, 4) is 11.5 Å². The third-order valence-electron chi connectivity index (χ3n) is 2.97. The van der Waals surface area contributed by atoms with Crippen molar-refractivity contribution in [2.75, 3.05) is 0 Å². The molecule has 4 nitrogen and oxygen atoms in total. The Morgan fingerprint density at radius 1 is 1.44 bits per heavy atom. The highest BCUT2D eigenvalue weighted by molar-refractivity contribution is 5.52. The molecule has 3 rings (SSSR count). The summed E-state index contributed by atoms with van der Waals surface area (Å²) in [5, 5.41) is 3.89. The second kappa shape index (κ2) is 3.10. The summed E-state index contributed by atoms with van der Waals surface area (Å²) in [4.78, 5) is 7.90. The molecule has 0 aromatic carbocycles. The summed E-state index contributed by atoms with van der Waals surface area (Å²) in [5.41, 5.74) is 0.337. The van der Waals surface area contributed by atoms with E-state index in [-0.39, 0.29) is 11.3 Å². The number of hydrogen-bond donors (Lipinski definition) is 0. The fourth-order valence-electron chi connectivity index (χ4n) is 1.54. The zero-order valence-electron chi connectivity index (χ0n) is 8.77. The number of halogens is 1. The summed E-state index contributed by atoms with van der Waals surface area (Å²) in [6.07, 6.45) is 4.76. The van der Waals surface area contributed by atoms with E-state index in [2.05, 4.69) is 22.0 Å². The number of hydrogen-bond acceptors (Lipinski definition) is 4. The second-order valence-electron chi connectivity index (χ2n) is 4.34. The van der Waals surface area contributed by atoms with Gasteiger partial charge < -0.3 is 4.52 Å². The first-order valence-electron chi connectivity index (χ1n) is 5.13. The Labute approximate surface area is 91.5 Å². The second-order valence-corrected chi connectivity index (χ2v) is 4.34. The first-order valence-corrected chi connectivity index (χ1v) is 5.13. The van der Waals surface area contributed by atoms with E-state index in [4.69, 9.17) is 4.52 Å². The molecule has 1 aliphatic rings. The molecule has 0 saturated heterocycles. The van der Waals surface area contributed by atoms with Crippen molar-refractivity contribution in [2.24, 2.45) is 0 Å². The zero-order chi connectivity index (χ0) is 11.2. The van der Waals surface area contributed by atoms with E-state index >= 15 is 0 Å². The SMILES string of the molecule is CC1(c2noc(-c3ccncc3F)n2)CC1. The van der Waals surface area contributed by atoms with Crippen LogP contribution in [-0.2, 0) is 5.41 Å². The van der Waals surface area contributed by atoms with Gasteiger partial charge in [0.05, 0.1) is 11.8 Å². The molecule has 0 atom stereocenters. The van der Waals surface area contributed by atoms with Crippen LogP contribution in [0.3, 0.4) is 0 Å². The maximum atomic E-state index is 13.4. The quantitative estimate of drug-likeness (QED) is 0.777. The van der Waals surface area contributed by atoms with E-state index in [0.29, 0.717) is 11.4 Å². The molecule has 0 unspecified atom stereocenters. The Morgan fingerprint density at radius 2 is 2.25 bits per heavy atom. The van der Waals surface area contributed by atoms with Gasteiger partial charge in [-0.05, 0) is 18.9 Å². The summed E-state index contributed by atoms with van der Waals surface area (Å²) in [6, 6.07) is 1.53. The van der Waals surface area contributed by atoms with E-state index < -0.39 is 5.82 Å². The predicted molar refractivity (Wildman–Crippen MR) is 54.1 cm³/mol. The van der Waals surface area contributed by atoms with E-state index in [9.17, 15) is 4.39 Å². The van der Waals surface area contributed by atoms with Crippen molar-refractivity contribution in [2.45, 2.75) is 25.2 Å². The molecule has 2 heterocycles. The van der Waals surface area contributed by atoms with Crippen molar-refractivity contribution in [3.05, 3.63) is 30.1 Å². The van der Waals surface area contributed by atoms with Crippen LogP contribution in [0.15, 0.2) is 23.0 Å². The molecule has 0 N–H and O–H groups in total. The topological polar surface area (TPSA) is 51.8 Å². The van der Waals surface area contributed by atoms with Crippen molar-refractivity contribution in [3.63, 3.8) is 0 Å². The lowest BCUT2D eigenvalue weighted by molar-refractivity contribution is 0.413. The highest BCUT2D eigenvalue weighted by Gasteiger charge is 2.43. The van der Waals surface area contributed by atoms with Crippen LogP contribution >= 0.6 is 0 Å². The van der Waals surface area contributed by atoms with E-state index in [1.54, 1.807) is 0 Å². The summed E-state index contributed by atoms with van der Waals surface area (Å²) in [5.74, 6) is 0.445. The first-order chi connectivity index (χ1) is 7.69. The van der Waals surface area contributed by atoms with Gasteiger partial charge in [-0.3, -0.25) is 4.98 Å². The molecule has 0 bridgehead atoms. The van der Waals surface area contributed by atoms with E-state index in [0.717, 1.165) is 19.0 Å². The monoisotopic (exact) mass is 219 g/mol. The summed E-state index contributed by atoms with van der Waals surface area (Å²) in [7, 11) is 0. The third kappa shape index (κ3) is 1.39. The molecule has 1 aliphatic carbocycles. The van der Waals surface area contributed by atoms with Gasteiger partial charge in [0.25, 0.3) is 5.89 Å². The van der Waals surface area contributed by atoms with Gasteiger partial charge in [-0.15, -0.1) is 0 Å². The highest BCUT2D eigenvalue weighted by atomic mass is 19.1. The number of pyridine rings is 1. The lowest BCUT2D eigenvalue weighted by atomic mass is 10.1. The molecule has 16 heavy (non-hydrogen) atoms. The van der Waals surface area contributed by atoms with Gasteiger partial charge >= 0.3 is 0 Å². The smallest absolute Gasteiger partial charge is 0.261 e. The standard InChI is InChI=1S/C11H10FN3O/c1-11(3-4-11)10-14-9(16-15-10)7-2-5-13-6-8(7)12/h2,5-6H,3-4H2,1H3. The molecule has 2 aromatic rings. The zero-order valence-corrected chi connectivity index (χ0v) is 8.77. The highest BCUT2D eigenvalue weighted by Crippen LogP contribution is 2.46. The molecule has 5 heteroatoms. The predicted octanol–water partition coefficient (Wildman–Crippen LogP) is 2.32. The van der Waals surface area contributed by atoms with Crippen LogP contribution in [0.1, 0.15) is 25.6 Å². The maximum absolute atomic E-state index is 13.4. The molecular formula is C11H10FN3O. The van der Waals surface area contributed by atoms with Crippen molar-refractivity contribution in [1.82, 2.24) is 15.1 Å². The molecule has 1 saturated carbocycles. The van der Waals surface area contributed by atoms with Gasteiger partial charge in [-0.1, -0.05) is 12.1 Å². The minimum absolute atomic E-state index is 0.0330. The van der Waals surface area contributed by atoms with Crippen LogP contribution in [0, 0.1) is 5.82 Å². The first kappa shape index (κ1) is 9.45. The molecule has 1 fully saturated rings. The molecule has 0 radical (unpaired) electrons. The van der Waals surface area contributed by atoms with Crippen LogP contribution in [0.5, 0.6) is 0 Å². The van der Waals surface area contributed by atoms with Crippen LogP contribution in [0.2, 0.25) is 0 Å². The Morgan fingerprint density at radius 3 is 2.94 bits per heavy atom. The minimum Gasteiger partial charge on any atom is -0.334 e. The Hall–Kier alpha value is -1.78. The average molecular weight is 219 g/mol. The van der Waals surface area contributed by atoms with Gasteiger partial charge in [0, 0.05) is 11.6 Å². The fraction of sp³-hybridized carbons (Fsp3) is 0.364. The Bertz CT molecular complexity index is 534. The van der Waals surface area contributed by atoms with E-state index in [1.165, 1.54) is 12.3 Å². The normalized spacial score (nSPS) is 17.4. The number of rotatable bonds is 2. The molecular weight excluding hydrogens is 209 g/mol. The van der Waals surface area contributed by atoms with Gasteiger partial charge in [0.2, 0.25) is 0 Å². The molecule has 2 aromatic heterocycles. The lowest BCUT2D eigenvalue weighted by Gasteiger charge is -1.97. The number of nitrogens with zero attached hydrogens (tertiary/aromatic N) is 3. The van der Waals surface area contributed by atoms with Crippen molar-refractivity contribution in [1.29, 1.82) is 0 Å². The number of aromatic nitrogens is 3. The Kier molecular flexibility index (Phi) is 1.83. The van der Waals surface area contributed by atoms with Gasteiger partial charge in [0.1, 0.15) is 0 Å². The summed E-state index contributed by atoms with van der Waals surface area (Å²) >= 11 is 0. The van der Waals surface area contributed by atoms with Gasteiger partial charge in [-0.25, -0.2) is 4.39 Å². The van der Waals surface area contributed by atoms with E-state index in [1.807, 2.05) is 0 Å². The fourth-order valence-corrected chi connectivity index (χ4v) is 1.54. The summed E-state index contributed by atoms with van der Waals surface area (Å²) < 4.78 is 18.5. The van der Waals surface area contributed by atoms with Crippen LogP contribution in [-0.4, -0.2) is 15.1 Å². The molecule has 0 amide bonds. The molecule has 0 aliphatic heterocycles. The Balaban J connectivity index is 2.02. The van der Waals surface area contributed by atoms with Crippen molar-refractivity contribution >= 4 is 0 Å². The minimum atomic E-state index is -0.446. The largest absolute Gasteiger partial charge is 0.334 e. The maximum Gasteiger partial charge on any atom is 0.261 e. The van der Waals surface area contributed by atoms with Crippen LogP contribution in [0.25, 0.3) is 11.5 Å².